The summed E-state index contributed by atoms with van der Waals surface area (Å²) < 4.78 is 5.66. The highest BCUT2D eigenvalue weighted by Gasteiger charge is 2.19. The van der Waals surface area contributed by atoms with Crippen LogP contribution in [0.5, 0.6) is 0 Å². The zero-order valence-electron chi connectivity index (χ0n) is 11.0. The van der Waals surface area contributed by atoms with E-state index in [0.717, 1.165) is 38.2 Å². The Bertz CT molecular complexity index is 455. The van der Waals surface area contributed by atoms with Crippen molar-refractivity contribution in [2.45, 2.75) is 26.0 Å². The Morgan fingerprint density at radius 3 is 3.26 bits per heavy atom. The number of carbonyl (C=O) groups is 1. The maximum atomic E-state index is 10.6. The van der Waals surface area contributed by atoms with Crippen molar-refractivity contribution in [1.29, 1.82) is 0 Å². The van der Waals surface area contributed by atoms with Crippen molar-refractivity contribution in [3.05, 3.63) is 28.0 Å². The summed E-state index contributed by atoms with van der Waals surface area (Å²) in [7, 11) is 0. The van der Waals surface area contributed by atoms with Gasteiger partial charge in [0.15, 0.2) is 0 Å². The lowest BCUT2D eigenvalue weighted by molar-refractivity contribution is -0.131. The molecule has 1 aliphatic rings. The fourth-order valence-corrected chi connectivity index (χ4v) is 3.07. The maximum absolute atomic E-state index is 10.6. The minimum atomic E-state index is -0.908. The average Bonchev–Trinajstić information content (AvgIpc) is 2.84. The summed E-state index contributed by atoms with van der Waals surface area (Å²) in [5.41, 5.74) is 1.01. The quantitative estimate of drug-likeness (QED) is 0.842. The van der Waals surface area contributed by atoms with Crippen molar-refractivity contribution in [2.75, 3.05) is 19.7 Å². The van der Waals surface area contributed by atoms with Crippen LogP contribution in [0.1, 0.15) is 23.8 Å². The molecule has 1 aromatic rings. The minimum absolute atomic E-state index is 0.326. The molecule has 2 heterocycles. The molecule has 0 amide bonds. The van der Waals surface area contributed by atoms with Crippen LogP contribution in [0, 0.1) is 0 Å². The third kappa shape index (κ3) is 4.16. The van der Waals surface area contributed by atoms with Crippen LogP contribution >= 0.6 is 11.3 Å². The number of hydrogen-bond acceptors (Lipinski definition) is 4. The SMILES string of the molecule is CCC1CN(Cc2sccc2C=CC(=O)O)CCO1. The van der Waals surface area contributed by atoms with Gasteiger partial charge in [-0.15, -0.1) is 11.3 Å². The van der Waals surface area contributed by atoms with Gasteiger partial charge in [0.05, 0.1) is 12.7 Å². The smallest absolute Gasteiger partial charge is 0.328 e. The van der Waals surface area contributed by atoms with Crippen molar-refractivity contribution in [1.82, 2.24) is 4.90 Å². The van der Waals surface area contributed by atoms with Crippen LogP contribution in [0.25, 0.3) is 6.08 Å². The Morgan fingerprint density at radius 2 is 2.53 bits per heavy atom. The van der Waals surface area contributed by atoms with Gasteiger partial charge < -0.3 is 9.84 Å². The molecule has 0 spiro atoms. The van der Waals surface area contributed by atoms with Crippen molar-refractivity contribution in [3.63, 3.8) is 0 Å². The molecule has 104 valence electrons. The molecule has 0 radical (unpaired) electrons. The Balaban J connectivity index is 1.99. The van der Waals surface area contributed by atoms with Crippen molar-refractivity contribution >= 4 is 23.4 Å². The lowest BCUT2D eigenvalue weighted by Crippen LogP contribution is -2.41. The summed E-state index contributed by atoms with van der Waals surface area (Å²) in [4.78, 5) is 14.2. The number of morpholine rings is 1. The predicted molar refractivity (Wildman–Crippen MR) is 76.3 cm³/mol. The summed E-state index contributed by atoms with van der Waals surface area (Å²) in [6.45, 7) is 5.69. The highest BCUT2D eigenvalue weighted by atomic mass is 32.1. The molecule has 1 atom stereocenters. The second-order valence-electron chi connectivity index (χ2n) is 4.61. The molecule has 1 N–H and O–H groups in total. The molecule has 1 saturated heterocycles. The number of aliphatic carboxylic acids is 1. The highest BCUT2D eigenvalue weighted by Crippen LogP contribution is 2.22. The zero-order chi connectivity index (χ0) is 13.7. The fourth-order valence-electron chi connectivity index (χ4n) is 2.16. The zero-order valence-corrected chi connectivity index (χ0v) is 11.9. The van der Waals surface area contributed by atoms with Gasteiger partial charge in [-0.2, -0.15) is 0 Å². The van der Waals surface area contributed by atoms with Crippen molar-refractivity contribution < 1.29 is 14.6 Å². The van der Waals surface area contributed by atoms with Gasteiger partial charge in [0, 0.05) is 30.6 Å². The Labute approximate surface area is 117 Å². The normalized spacial score (nSPS) is 21.0. The number of thiophene rings is 1. The van der Waals surface area contributed by atoms with Gasteiger partial charge in [-0.05, 0) is 29.5 Å². The Kier molecular flexibility index (Phi) is 5.13. The van der Waals surface area contributed by atoms with Gasteiger partial charge in [-0.3, -0.25) is 4.90 Å². The fraction of sp³-hybridized carbons (Fsp3) is 0.500. The standard InChI is InChI=1S/C14H19NO3S/c1-2-12-9-15(6-7-18-12)10-13-11(5-8-19-13)3-4-14(16)17/h3-5,8,12H,2,6-7,9-10H2,1H3,(H,16,17). The molecule has 0 aliphatic carbocycles. The summed E-state index contributed by atoms with van der Waals surface area (Å²) in [5.74, 6) is -0.908. The van der Waals surface area contributed by atoms with Crippen LogP contribution in [0.3, 0.4) is 0 Å². The molecular formula is C14H19NO3S. The van der Waals surface area contributed by atoms with Gasteiger partial charge in [0.1, 0.15) is 0 Å². The lowest BCUT2D eigenvalue weighted by Gasteiger charge is -2.32. The first kappa shape index (κ1) is 14.2. The van der Waals surface area contributed by atoms with Gasteiger partial charge >= 0.3 is 5.97 Å². The maximum Gasteiger partial charge on any atom is 0.328 e. The minimum Gasteiger partial charge on any atom is -0.478 e. The Hall–Kier alpha value is -1.17. The number of hydrogen-bond donors (Lipinski definition) is 1. The van der Waals surface area contributed by atoms with Crippen LogP contribution in [-0.2, 0) is 16.1 Å². The number of carboxylic acids is 1. The highest BCUT2D eigenvalue weighted by molar-refractivity contribution is 7.10. The number of ether oxygens (including phenoxy) is 1. The molecule has 1 fully saturated rings. The molecule has 5 heteroatoms. The first-order valence-corrected chi connectivity index (χ1v) is 7.38. The molecule has 0 bridgehead atoms. The van der Waals surface area contributed by atoms with Gasteiger partial charge in [-0.25, -0.2) is 4.79 Å². The van der Waals surface area contributed by atoms with E-state index in [4.69, 9.17) is 9.84 Å². The number of carboxylic acid groups (broad SMARTS) is 1. The van der Waals surface area contributed by atoms with Gasteiger partial charge in [0.25, 0.3) is 0 Å². The first-order valence-electron chi connectivity index (χ1n) is 6.50. The lowest BCUT2D eigenvalue weighted by atomic mass is 10.2. The first-order chi connectivity index (χ1) is 9.19. The van der Waals surface area contributed by atoms with E-state index < -0.39 is 5.97 Å². The molecule has 0 saturated carbocycles. The van der Waals surface area contributed by atoms with Gasteiger partial charge in [-0.1, -0.05) is 6.92 Å². The molecule has 1 aliphatic heterocycles. The molecular weight excluding hydrogens is 262 g/mol. The largest absolute Gasteiger partial charge is 0.478 e. The predicted octanol–water partition coefficient (Wildman–Crippen LogP) is 2.46. The molecule has 1 unspecified atom stereocenters. The van der Waals surface area contributed by atoms with Crippen LogP contribution < -0.4 is 0 Å². The van der Waals surface area contributed by atoms with E-state index >= 15 is 0 Å². The van der Waals surface area contributed by atoms with Crippen LogP contribution in [0.4, 0.5) is 0 Å². The van der Waals surface area contributed by atoms with Gasteiger partial charge in [0.2, 0.25) is 0 Å². The third-order valence-electron chi connectivity index (χ3n) is 3.23. The Morgan fingerprint density at radius 1 is 1.68 bits per heavy atom. The van der Waals surface area contributed by atoms with E-state index in [1.165, 1.54) is 11.0 Å². The average molecular weight is 281 g/mol. The third-order valence-corrected chi connectivity index (χ3v) is 4.15. The summed E-state index contributed by atoms with van der Waals surface area (Å²) in [6.07, 6.45) is 4.23. The number of rotatable bonds is 5. The van der Waals surface area contributed by atoms with E-state index in [0.29, 0.717) is 6.10 Å². The summed E-state index contributed by atoms with van der Waals surface area (Å²) >= 11 is 1.68. The topological polar surface area (TPSA) is 49.8 Å². The molecule has 2 rings (SSSR count). The monoisotopic (exact) mass is 281 g/mol. The second-order valence-corrected chi connectivity index (χ2v) is 5.61. The molecule has 19 heavy (non-hydrogen) atoms. The van der Waals surface area contributed by atoms with E-state index in [9.17, 15) is 4.79 Å². The molecule has 4 nitrogen and oxygen atoms in total. The second kappa shape index (κ2) is 6.84. The summed E-state index contributed by atoms with van der Waals surface area (Å²) in [6, 6.07) is 1.97. The van der Waals surface area contributed by atoms with E-state index in [1.54, 1.807) is 17.4 Å². The van der Waals surface area contributed by atoms with Crippen molar-refractivity contribution in [3.8, 4) is 0 Å². The van der Waals surface area contributed by atoms with Crippen LogP contribution in [0.2, 0.25) is 0 Å². The van der Waals surface area contributed by atoms with E-state index in [2.05, 4.69) is 11.8 Å². The van der Waals surface area contributed by atoms with Crippen LogP contribution in [-0.4, -0.2) is 41.8 Å². The van der Waals surface area contributed by atoms with E-state index in [-0.39, 0.29) is 0 Å². The summed E-state index contributed by atoms with van der Waals surface area (Å²) in [5, 5.41) is 10.7. The van der Waals surface area contributed by atoms with Crippen LogP contribution in [0.15, 0.2) is 17.5 Å². The molecule has 0 aromatic carbocycles. The molecule has 1 aromatic heterocycles. The van der Waals surface area contributed by atoms with Crippen molar-refractivity contribution in [2.24, 2.45) is 0 Å². The number of nitrogens with zero attached hydrogens (tertiary/aromatic N) is 1. The van der Waals surface area contributed by atoms with E-state index in [1.807, 2.05) is 11.4 Å².